The molecule has 1 atom stereocenters. The number of sulfonamides is 1. The summed E-state index contributed by atoms with van der Waals surface area (Å²) in [4.78, 5) is 29.7. The van der Waals surface area contributed by atoms with Gasteiger partial charge in [-0.15, -0.1) is 0 Å². The highest BCUT2D eigenvalue weighted by Gasteiger charge is 2.32. The first-order chi connectivity index (χ1) is 20.6. The van der Waals surface area contributed by atoms with Crippen molar-refractivity contribution >= 4 is 27.5 Å². The van der Waals surface area contributed by atoms with Crippen molar-refractivity contribution in [3.8, 4) is 0 Å². The minimum absolute atomic E-state index is 0.117. The van der Waals surface area contributed by atoms with Crippen LogP contribution in [-0.4, -0.2) is 50.0 Å². The van der Waals surface area contributed by atoms with E-state index in [1.807, 2.05) is 86.6 Å². The normalized spacial score (nSPS) is 14.6. The lowest BCUT2D eigenvalue weighted by Crippen LogP contribution is -2.52. The number of carbonyl (C=O) groups excluding carboxylic acids is 2. The van der Waals surface area contributed by atoms with Gasteiger partial charge in [0, 0.05) is 32.0 Å². The van der Waals surface area contributed by atoms with Crippen LogP contribution in [0.1, 0.15) is 67.2 Å². The Bertz CT molecular complexity index is 1450. The Morgan fingerprint density at radius 1 is 0.860 bits per heavy atom. The summed E-state index contributed by atoms with van der Waals surface area (Å²) in [5.41, 5.74) is 4.45. The average Bonchev–Trinajstić information content (AvgIpc) is 2.99. The molecule has 1 fully saturated rings. The molecule has 0 heterocycles. The summed E-state index contributed by atoms with van der Waals surface area (Å²) < 4.78 is 27.0. The number of amides is 2. The summed E-state index contributed by atoms with van der Waals surface area (Å²) in [5.74, 6) is -0.300. The number of benzene rings is 3. The zero-order valence-electron chi connectivity index (χ0n) is 25.7. The van der Waals surface area contributed by atoms with Crippen LogP contribution in [0.15, 0.2) is 78.9 Å². The first-order valence-corrected chi connectivity index (χ1v) is 17.2. The van der Waals surface area contributed by atoms with E-state index >= 15 is 0 Å². The third kappa shape index (κ3) is 9.17. The second kappa shape index (κ2) is 15.2. The lowest BCUT2D eigenvalue weighted by Gasteiger charge is -2.34. The first kappa shape index (κ1) is 32.3. The van der Waals surface area contributed by atoms with Crippen LogP contribution in [-0.2, 0) is 32.6 Å². The van der Waals surface area contributed by atoms with Gasteiger partial charge in [0.1, 0.15) is 6.04 Å². The maximum Gasteiger partial charge on any atom is 0.243 e. The van der Waals surface area contributed by atoms with Gasteiger partial charge in [0.25, 0.3) is 0 Å². The molecule has 1 aliphatic rings. The van der Waals surface area contributed by atoms with E-state index in [0.29, 0.717) is 25.1 Å². The molecule has 0 saturated heterocycles. The van der Waals surface area contributed by atoms with E-state index in [1.54, 1.807) is 11.0 Å². The fourth-order valence-electron chi connectivity index (χ4n) is 5.87. The lowest BCUT2D eigenvalue weighted by molar-refractivity contribution is -0.141. The second-order valence-electron chi connectivity index (χ2n) is 11.7. The number of aryl methyl sites for hydroxylation is 1. The van der Waals surface area contributed by atoms with Crippen LogP contribution in [0.3, 0.4) is 0 Å². The van der Waals surface area contributed by atoms with Gasteiger partial charge in [-0.25, -0.2) is 8.42 Å². The van der Waals surface area contributed by atoms with Gasteiger partial charge in [-0.1, -0.05) is 92.1 Å². The maximum absolute atomic E-state index is 14.0. The van der Waals surface area contributed by atoms with Crippen molar-refractivity contribution < 1.29 is 18.0 Å². The summed E-state index contributed by atoms with van der Waals surface area (Å²) in [5, 5.41) is 3.27. The van der Waals surface area contributed by atoms with E-state index < -0.39 is 16.1 Å². The summed E-state index contributed by atoms with van der Waals surface area (Å²) in [6.07, 6.45) is 7.33. The predicted molar refractivity (Wildman–Crippen MR) is 173 cm³/mol. The highest BCUT2D eigenvalue weighted by molar-refractivity contribution is 7.92. The van der Waals surface area contributed by atoms with Crippen molar-refractivity contribution in [2.24, 2.45) is 0 Å². The topological polar surface area (TPSA) is 86.8 Å². The van der Waals surface area contributed by atoms with E-state index in [-0.39, 0.29) is 30.8 Å². The van der Waals surface area contributed by atoms with Crippen LogP contribution >= 0.6 is 0 Å². The van der Waals surface area contributed by atoms with Gasteiger partial charge < -0.3 is 10.2 Å². The highest BCUT2D eigenvalue weighted by Crippen LogP contribution is 2.26. The third-order valence-corrected chi connectivity index (χ3v) is 9.60. The number of carbonyl (C=O) groups is 2. The quantitative estimate of drug-likeness (QED) is 0.262. The Labute approximate surface area is 257 Å². The fourth-order valence-corrected chi connectivity index (χ4v) is 6.88. The Balaban J connectivity index is 1.58. The number of hydrogen-bond donors (Lipinski definition) is 1. The third-order valence-electron chi connectivity index (χ3n) is 8.42. The molecular weight excluding hydrogens is 558 g/mol. The number of nitrogens with zero attached hydrogens (tertiary/aromatic N) is 2. The molecule has 0 bridgehead atoms. The molecule has 2 amide bonds. The largest absolute Gasteiger partial charge is 0.352 e. The smallest absolute Gasteiger partial charge is 0.243 e. The van der Waals surface area contributed by atoms with Gasteiger partial charge >= 0.3 is 0 Å². The predicted octanol–water partition coefficient (Wildman–Crippen LogP) is 5.94. The standard InChI is InChI=1S/C35H45N3O4S/c1-27-15-13-22-32(28(27)2)38(43(3,41)42)24-14-23-34(39)37(26-30-18-9-5-10-19-30)33(25-29-16-7-4-8-17-29)35(40)36-31-20-11-6-12-21-31/h4-5,7-10,13,15-19,22,31,33H,6,11-12,14,20-21,23-26H2,1-3H3,(H,36,40)/t33-/m0/s1. The van der Waals surface area contributed by atoms with Gasteiger partial charge in [-0.2, -0.15) is 0 Å². The molecule has 0 radical (unpaired) electrons. The maximum atomic E-state index is 14.0. The van der Waals surface area contributed by atoms with Crippen LogP contribution in [0.25, 0.3) is 0 Å². The fraction of sp³-hybridized carbons (Fsp3) is 0.429. The minimum atomic E-state index is -3.57. The van der Waals surface area contributed by atoms with Gasteiger partial charge in [-0.05, 0) is 61.4 Å². The highest BCUT2D eigenvalue weighted by atomic mass is 32.2. The van der Waals surface area contributed by atoms with E-state index in [2.05, 4.69) is 5.32 Å². The van der Waals surface area contributed by atoms with Crippen molar-refractivity contribution in [2.75, 3.05) is 17.1 Å². The van der Waals surface area contributed by atoms with Gasteiger partial charge in [0.15, 0.2) is 0 Å². The Hall–Kier alpha value is -3.65. The van der Waals surface area contributed by atoms with Crippen molar-refractivity contribution in [3.05, 3.63) is 101 Å². The van der Waals surface area contributed by atoms with Crippen molar-refractivity contribution in [1.82, 2.24) is 10.2 Å². The number of hydrogen-bond acceptors (Lipinski definition) is 4. The molecule has 0 spiro atoms. The summed E-state index contributed by atoms with van der Waals surface area (Å²) in [6, 6.07) is 24.6. The van der Waals surface area contributed by atoms with Crippen molar-refractivity contribution in [3.63, 3.8) is 0 Å². The SMILES string of the molecule is Cc1cccc(N(CCCC(=O)N(Cc2ccccc2)[C@@H](Cc2ccccc2)C(=O)NC2CCCCC2)S(C)(=O)=O)c1C. The zero-order chi connectivity index (χ0) is 30.8. The Kier molecular flexibility index (Phi) is 11.4. The molecule has 0 unspecified atom stereocenters. The minimum Gasteiger partial charge on any atom is -0.352 e. The van der Waals surface area contributed by atoms with Crippen LogP contribution in [0.2, 0.25) is 0 Å². The molecule has 1 N–H and O–H groups in total. The van der Waals surface area contributed by atoms with Gasteiger partial charge in [-0.3, -0.25) is 13.9 Å². The zero-order valence-corrected chi connectivity index (χ0v) is 26.5. The monoisotopic (exact) mass is 603 g/mol. The molecule has 1 aliphatic carbocycles. The van der Waals surface area contributed by atoms with Crippen LogP contribution in [0, 0.1) is 13.8 Å². The molecule has 0 aromatic heterocycles. The van der Waals surface area contributed by atoms with Gasteiger partial charge in [0.05, 0.1) is 11.9 Å². The molecule has 4 rings (SSSR count). The van der Waals surface area contributed by atoms with E-state index in [9.17, 15) is 18.0 Å². The molecule has 8 heteroatoms. The van der Waals surface area contributed by atoms with Crippen LogP contribution < -0.4 is 9.62 Å². The first-order valence-electron chi connectivity index (χ1n) is 15.3. The molecule has 43 heavy (non-hydrogen) atoms. The van der Waals surface area contributed by atoms with Gasteiger partial charge in [0.2, 0.25) is 21.8 Å². The molecule has 7 nitrogen and oxygen atoms in total. The van der Waals surface area contributed by atoms with E-state index in [4.69, 9.17) is 0 Å². The molecular formula is C35H45N3O4S. The summed E-state index contributed by atoms with van der Waals surface area (Å²) in [6.45, 7) is 4.33. The average molecular weight is 604 g/mol. The van der Waals surface area contributed by atoms with Crippen molar-refractivity contribution in [1.29, 1.82) is 0 Å². The molecule has 230 valence electrons. The number of rotatable bonds is 13. The van der Waals surface area contributed by atoms with E-state index in [1.165, 1.54) is 17.0 Å². The molecule has 1 saturated carbocycles. The van der Waals surface area contributed by atoms with Crippen molar-refractivity contribution in [2.45, 2.75) is 83.8 Å². The van der Waals surface area contributed by atoms with Crippen LogP contribution in [0.4, 0.5) is 5.69 Å². The lowest BCUT2D eigenvalue weighted by atomic mass is 9.94. The van der Waals surface area contributed by atoms with E-state index in [0.717, 1.165) is 47.9 Å². The Morgan fingerprint density at radius 3 is 2.12 bits per heavy atom. The second-order valence-corrected chi connectivity index (χ2v) is 13.6. The Morgan fingerprint density at radius 2 is 1.49 bits per heavy atom. The molecule has 3 aromatic rings. The molecule has 0 aliphatic heterocycles. The van der Waals surface area contributed by atoms with Crippen LogP contribution in [0.5, 0.6) is 0 Å². The summed E-state index contributed by atoms with van der Waals surface area (Å²) in [7, 11) is -3.57. The number of anilines is 1. The number of nitrogens with one attached hydrogen (secondary N) is 1. The molecule has 3 aromatic carbocycles. The summed E-state index contributed by atoms with van der Waals surface area (Å²) >= 11 is 0.